The van der Waals surface area contributed by atoms with Crippen LogP contribution in [-0.4, -0.2) is 11.9 Å². The molecule has 0 radical (unpaired) electrons. The molecule has 0 atom stereocenters. The van der Waals surface area contributed by atoms with Gasteiger partial charge in [0.15, 0.2) is 0 Å². The van der Waals surface area contributed by atoms with Crippen LogP contribution in [0.3, 0.4) is 0 Å². The molecule has 0 bridgehead atoms. The lowest BCUT2D eigenvalue weighted by molar-refractivity contribution is 0.0965. The SMILES string of the molecule is Nc1ccccc1C(=O)NC(=O)N/C=C/c1ccccc1Br. The van der Waals surface area contributed by atoms with Crippen molar-refractivity contribution in [3.8, 4) is 0 Å². The van der Waals surface area contributed by atoms with E-state index < -0.39 is 11.9 Å². The number of nitrogens with two attached hydrogens (primary N) is 1. The zero-order valence-corrected chi connectivity index (χ0v) is 13.1. The standard InChI is InChI=1S/C16H14BrN3O2/c17-13-7-3-1-5-11(13)9-10-19-16(22)20-15(21)12-6-2-4-8-14(12)18/h1-10H,18H2,(H2,19,20,21,22)/b10-9+. The Hall–Kier alpha value is -2.60. The van der Waals surface area contributed by atoms with Crippen LogP contribution in [0.2, 0.25) is 0 Å². The molecule has 0 aliphatic heterocycles. The van der Waals surface area contributed by atoms with Crippen LogP contribution in [0, 0.1) is 0 Å². The molecule has 3 amide bonds. The summed E-state index contributed by atoms with van der Waals surface area (Å²) in [5.74, 6) is -0.551. The van der Waals surface area contributed by atoms with Crippen molar-refractivity contribution in [1.29, 1.82) is 0 Å². The number of nitrogens with one attached hydrogen (secondary N) is 2. The van der Waals surface area contributed by atoms with Gasteiger partial charge in [0.1, 0.15) is 0 Å². The van der Waals surface area contributed by atoms with Crippen LogP contribution < -0.4 is 16.4 Å². The van der Waals surface area contributed by atoms with Gasteiger partial charge in [-0.2, -0.15) is 0 Å². The summed E-state index contributed by atoms with van der Waals surface area (Å²) in [4.78, 5) is 23.5. The first-order valence-electron chi connectivity index (χ1n) is 6.45. The maximum atomic E-state index is 11.9. The lowest BCUT2D eigenvalue weighted by Crippen LogP contribution is -2.37. The predicted octanol–water partition coefficient (Wildman–Crippen LogP) is 3.14. The molecule has 2 rings (SSSR count). The van der Waals surface area contributed by atoms with Crippen molar-refractivity contribution >= 4 is 39.6 Å². The van der Waals surface area contributed by atoms with E-state index in [2.05, 4.69) is 26.6 Å². The normalized spacial score (nSPS) is 10.4. The summed E-state index contributed by atoms with van der Waals surface area (Å²) in [6, 6.07) is 13.5. The summed E-state index contributed by atoms with van der Waals surface area (Å²) in [5, 5.41) is 4.67. The van der Waals surface area contributed by atoms with Crippen molar-refractivity contribution in [3.63, 3.8) is 0 Å². The Kier molecular flexibility index (Phi) is 5.32. The van der Waals surface area contributed by atoms with Crippen LogP contribution in [0.4, 0.5) is 10.5 Å². The van der Waals surface area contributed by atoms with Gasteiger partial charge in [0.05, 0.1) is 5.56 Å². The zero-order valence-electron chi connectivity index (χ0n) is 11.5. The number of nitrogen functional groups attached to an aromatic ring is 1. The van der Waals surface area contributed by atoms with Crippen LogP contribution in [0.5, 0.6) is 0 Å². The van der Waals surface area contributed by atoms with Gasteiger partial charge in [0, 0.05) is 16.4 Å². The van der Waals surface area contributed by atoms with E-state index in [-0.39, 0.29) is 5.56 Å². The number of benzene rings is 2. The average molecular weight is 360 g/mol. The number of hydrogen-bond donors (Lipinski definition) is 3. The van der Waals surface area contributed by atoms with Gasteiger partial charge in [-0.15, -0.1) is 0 Å². The predicted molar refractivity (Wildman–Crippen MR) is 90.0 cm³/mol. The van der Waals surface area contributed by atoms with E-state index in [1.165, 1.54) is 6.20 Å². The number of hydrogen-bond acceptors (Lipinski definition) is 3. The number of imide groups is 1. The number of carbonyl (C=O) groups excluding carboxylic acids is 2. The zero-order chi connectivity index (χ0) is 15.9. The Labute approximate surface area is 136 Å². The second kappa shape index (κ2) is 7.42. The number of amides is 3. The van der Waals surface area contributed by atoms with Gasteiger partial charge in [0.25, 0.3) is 5.91 Å². The van der Waals surface area contributed by atoms with Gasteiger partial charge >= 0.3 is 6.03 Å². The topological polar surface area (TPSA) is 84.2 Å². The molecule has 112 valence electrons. The Morgan fingerprint density at radius 2 is 1.73 bits per heavy atom. The largest absolute Gasteiger partial charge is 0.398 e. The minimum atomic E-state index is -0.628. The first-order valence-corrected chi connectivity index (χ1v) is 7.24. The summed E-state index contributed by atoms with van der Waals surface area (Å²) in [7, 11) is 0. The maximum Gasteiger partial charge on any atom is 0.325 e. The fourth-order valence-corrected chi connectivity index (χ4v) is 2.14. The highest BCUT2D eigenvalue weighted by Crippen LogP contribution is 2.16. The molecule has 6 heteroatoms. The summed E-state index contributed by atoms with van der Waals surface area (Å²) >= 11 is 3.39. The van der Waals surface area contributed by atoms with Crippen LogP contribution >= 0.6 is 15.9 Å². The van der Waals surface area contributed by atoms with Gasteiger partial charge in [-0.05, 0) is 29.8 Å². The molecule has 22 heavy (non-hydrogen) atoms. The van der Waals surface area contributed by atoms with Crippen molar-refractivity contribution in [1.82, 2.24) is 10.6 Å². The summed E-state index contributed by atoms with van der Waals surface area (Å²) in [6.45, 7) is 0. The number of carbonyl (C=O) groups is 2. The summed E-state index contributed by atoms with van der Waals surface area (Å²) in [6.07, 6.45) is 3.17. The minimum absolute atomic E-state index is 0.257. The number of para-hydroxylation sites is 1. The third-order valence-electron chi connectivity index (χ3n) is 2.82. The van der Waals surface area contributed by atoms with Crippen molar-refractivity contribution < 1.29 is 9.59 Å². The van der Waals surface area contributed by atoms with Crippen molar-refractivity contribution in [2.45, 2.75) is 0 Å². The quantitative estimate of drug-likeness (QED) is 0.736. The second-order valence-electron chi connectivity index (χ2n) is 4.37. The number of halogens is 1. The molecule has 4 N–H and O–H groups in total. The molecule has 0 unspecified atom stereocenters. The molecule has 5 nitrogen and oxygen atoms in total. The molecular weight excluding hydrogens is 346 g/mol. The first kappa shape index (κ1) is 15.8. The van der Waals surface area contributed by atoms with Gasteiger partial charge in [-0.3, -0.25) is 10.1 Å². The molecule has 0 aliphatic rings. The highest BCUT2D eigenvalue weighted by molar-refractivity contribution is 9.10. The Bertz CT molecular complexity index is 729. The van der Waals surface area contributed by atoms with Crippen LogP contribution in [-0.2, 0) is 0 Å². The van der Waals surface area contributed by atoms with E-state index in [0.29, 0.717) is 5.69 Å². The van der Waals surface area contributed by atoms with Crippen LogP contribution in [0.15, 0.2) is 59.2 Å². The summed E-state index contributed by atoms with van der Waals surface area (Å²) < 4.78 is 0.904. The third-order valence-corrected chi connectivity index (χ3v) is 3.54. The van der Waals surface area contributed by atoms with E-state index in [1.54, 1.807) is 30.3 Å². The number of urea groups is 1. The number of rotatable bonds is 3. The Morgan fingerprint density at radius 3 is 2.45 bits per heavy atom. The van der Waals surface area contributed by atoms with E-state index in [0.717, 1.165) is 10.0 Å². The molecule has 0 saturated heterocycles. The monoisotopic (exact) mass is 359 g/mol. The molecule has 0 heterocycles. The van der Waals surface area contributed by atoms with Crippen LogP contribution in [0.1, 0.15) is 15.9 Å². The molecular formula is C16H14BrN3O2. The Balaban J connectivity index is 1.92. The van der Waals surface area contributed by atoms with Crippen molar-refractivity contribution in [3.05, 3.63) is 70.3 Å². The van der Waals surface area contributed by atoms with E-state index in [4.69, 9.17) is 5.73 Å². The fraction of sp³-hybridized carbons (Fsp3) is 0. The lowest BCUT2D eigenvalue weighted by atomic mass is 10.2. The van der Waals surface area contributed by atoms with E-state index >= 15 is 0 Å². The van der Waals surface area contributed by atoms with Crippen molar-refractivity contribution in [2.24, 2.45) is 0 Å². The maximum absolute atomic E-state index is 11.9. The van der Waals surface area contributed by atoms with Crippen LogP contribution in [0.25, 0.3) is 6.08 Å². The molecule has 2 aromatic rings. The minimum Gasteiger partial charge on any atom is -0.398 e. The molecule has 0 aliphatic carbocycles. The van der Waals surface area contributed by atoms with Crippen molar-refractivity contribution in [2.75, 3.05) is 5.73 Å². The van der Waals surface area contributed by atoms with E-state index in [1.807, 2.05) is 24.3 Å². The molecule has 2 aromatic carbocycles. The lowest BCUT2D eigenvalue weighted by Gasteiger charge is -2.05. The smallest absolute Gasteiger partial charge is 0.325 e. The first-order chi connectivity index (χ1) is 10.6. The van der Waals surface area contributed by atoms with Gasteiger partial charge in [0.2, 0.25) is 0 Å². The fourth-order valence-electron chi connectivity index (χ4n) is 1.73. The molecule has 0 aromatic heterocycles. The average Bonchev–Trinajstić information content (AvgIpc) is 2.49. The van der Waals surface area contributed by atoms with Gasteiger partial charge in [-0.25, -0.2) is 4.79 Å². The number of anilines is 1. The Morgan fingerprint density at radius 1 is 1.05 bits per heavy atom. The second-order valence-corrected chi connectivity index (χ2v) is 5.22. The highest BCUT2D eigenvalue weighted by atomic mass is 79.9. The summed E-state index contributed by atoms with van der Waals surface area (Å²) in [5.41, 5.74) is 7.16. The van der Waals surface area contributed by atoms with E-state index in [9.17, 15) is 9.59 Å². The van der Waals surface area contributed by atoms with Gasteiger partial charge < -0.3 is 11.1 Å². The molecule has 0 spiro atoms. The van der Waals surface area contributed by atoms with Gasteiger partial charge in [-0.1, -0.05) is 46.3 Å². The molecule has 0 fully saturated rings. The highest BCUT2D eigenvalue weighted by Gasteiger charge is 2.11. The third kappa shape index (κ3) is 4.20. The molecule has 0 saturated carbocycles.